The van der Waals surface area contributed by atoms with E-state index in [1.165, 1.54) is 0 Å². The summed E-state index contributed by atoms with van der Waals surface area (Å²) in [6.45, 7) is 6.66. The summed E-state index contributed by atoms with van der Waals surface area (Å²) in [5.41, 5.74) is 1.91. The van der Waals surface area contributed by atoms with Gasteiger partial charge in [0.15, 0.2) is 11.5 Å². The fourth-order valence-corrected chi connectivity index (χ4v) is 2.87. The Kier molecular flexibility index (Phi) is 7.31. The molecule has 0 radical (unpaired) electrons. The molecule has 0 unspecified atom stereocenters. The van der Waals surface area contributed by atoms with Crippen LogP contribution in [-0.2, 0) is 6.54 Å². The first-order valence-corrected chi connectivity index (χ1v) is 8.61. The number of methoxy groups -OCH3 is 1. The third-order valence-corrected chi connectivity index (χ3v) is 4.28. The smallest absolute Gasteiger partial charge is 0.180 e. The van der Waals surface area contributed by atoms with Crippen LogP contribution < -0.4 is 14.8 Å². The summed E-state index contributed by atoms with van der Waals surface area (Å²) >= 11 is 6.32. The monoisotopic (exact) mass is 362 g/mol. The SMILES string of the molecule is C=CCOc1c(Cl)cc(C[NH2+][C@@H](C)[C@H](O)c2ccccc2)cc1OC. The van der Waals surface area contributed by atoms with Gasteiger partial charge in [0.25, 0.3) is 0 Å². The first kappa shape index (κ1) is 19.3. The van der Waals surface area contributed by atoms with Crippen LogP contribution in [0.25, 0.3) is 0 Å². The molecule has 2 rings (SSSR count). The summed E-state index contributed by atoms with van der Waals surface area (Å²) < 4.78 is 10.9. The Hall–Kier alpha value is -2.01. The summed E-state index contributed by atoms with van der Waals surface area (Å²) in [5.74, 6) is 1.11. The zero-order chi connectivity index (χ0) is 18.2. The Morgan fingerprint density at radius 1 is 1.28 bits per heavy atom. The molecule has 3 N–H and O–H groups in total. The molecule has 4 nitrogen and oxygen atoms in total. The number of benzene rings is 2. The summed E-state index contributed by atoms with van der Waals surface area (Å²) in [4.78, 5) is 0. The van der Waals surface area contributed by atoms with E-state index in [4.69, 9.17) is 21.1 Å². The van der Waals surface area contributed by atoms with Crippen molar-refractivity contribution in [2.75, 3.05) is 13.7 Å². The van der Waals surface area contributed by atoms with Gasteiger partial charge in [0.2, 0.25) is 0 Å². The Morgan fingerprint density at radius 2 is 2.00 bits per heavy atom. The van der Waals surface area contributed by atoms with Crippen molar-refractivity contribution in [2.45, 2.75) is 25.6 Å². The molecule has 0 fully saturated rings. The number of aliphatic hydroxyl groups is 1. The van der Waals surface area contributed by atoms with Gasteiger partial charge in [0.1, 0.15) is 25.3 Å². The Morgan fingerprint density at radius 3 is 2.64 bits per heavy atom. The van der Waals surface area contributed by atoms with Gasteiger partial charge in [-0.05, 0) is 24.6 Å². The molecule has 0 amide bonds. The van der Waals surface area contributed by atoms with E-state index in [0.29, 0.717) is 29.7 Å². The van der Waals surface area contributed by atoms with Crippen molar-refractivity contribution in [2.24, 2.45) is 0 Å². The summed E-state index contributed by atoms with van der Waals surface area (Å²) in [6, 6.07) is 13.4. The van der Waals surface area contributed by atoms with Crippen molar-refractivity contribution in [3.63, 3.8) is 0 Å². The molecule has 0 aliphatic heterocycles. The predicted octanol–water partition coefficient (Wildman–Crippen LogP) is 3.10. The average Bonchev–Trinajstić information content (AvgIpc) is 2.64. The van der Waals surface area contributed by atoms with Gasteiger partial charge in [0.05, 0.1) is 12.1 Å². The molecule has 0 bridgehead atoms. The molecule has 0 saturated carbocycles. The van der Waals surface area contributed by atoms with Gasteiger partial charge in [-0.25, -0.2) is 0 Å². The lowest BCUT2D eigenvalue weighted by Crippen LogP contribution is -2.88. The van der Waals surface area contributed by atoms with Crippen molar-refractivity contribution in [3.05, 3.63) is 71.3 Å². The summed E-state index contributed by atoms with van der Waals surface area (Å²) in [5, 5.41) is 13.0. The standard InChI is InChI=1S/C20H24ClNO3/c1-4-10-25-20-17(21)11-15(12-18(20)24-3)13-22-14(2)19(23)16-8-6-5-7-9-16/h4-9,11-12,14,19,22-23H,1,10,13H2,2-3H3/p+1/t14-,19-/m0/s1. The number of ether oxygens (including phenoxy) is 2. The van der Waals surface area contributed by atoms with Gasteiger partial charge in [-0.2, -0.15) is 0 Å². The molecule has 0 aliphatic rings. The Balaban J connectivity index is 2.05. The van der Waals surface area contributed by atoms with Crippen molar-refractivity contribution in [3.8, 4) is 11.5 Å². The molecule has 0 aliphatic carbocycles. The first-order valence-electron chi connectivity index (χ1n) is 8.23. The van der Waals surface area contributed by atoms with Gasteiger partial charge in [-0.3, -0.25) is 0 Å². The number of hydrogen-bond donors (Lipinski definition) is 2. The van der Waals surface area contributed by atoms with Crippen LogP contribution in [0.4, 0.5) is 0 Å². The second-order valence-electron chi connectivity index (χ2n) is 5.86. The number of quaternary nitrogens is 1. The predicted molar refractivity (Wildman–Crippen MR) is 100 cm³/mol. The van der Waals surface area contributed by atoms with E-state index < -0.39 is 6.10 Å². The molecule has 0 aromatic heterocycles. The third kappa shape index (κ3) is 5.23. The fourth-order valence-electron chi connectivity index (χ4n) is 2.58. The maximum absolute atomic E-state index is 10.5. The van der Waals surface area contributed by atoms with E-state index in [1.54, 1.807) is 13.2 Å². The van der Waals surface area contributed by atoms with Crippen LogP contribution in [0.5, 0.6) is 11.5 Å². The second-order valence-corrected chi connectivity index (χ2v) is 6.27. The first-order chi connectivity index (χ1) is 12.1. The van der Waals surface area contributed by atoms with Crippen LogP contribution in [0.1, 0.15) is 24.2 Å². The quantitative estimate of drug-likeness (QED) is 0.674. The molecule has 0 heterocycles. The highest BCUT2D eigenvalue weighted by Gasteiger charge is 2.20. The average molecular weight is 363 g/mol. The Bertz CT molecular complexity index is 691. The van der Waals surface area contributed by atoms with Gasteiger partial charge in [-0.15, -0.1) is 0 Å². The highest BCUT2D eigenvalue weighted by molar-refractivity contribution is 6.32. The van der Waals surface area contributed by atoms with E-state index in [2.05, 4.69) is 11.9 Å². The van der Waals surface area contributed by atoms with Crippen LogP contribution >= 0.6 is 11.6 Å². The van der Waals surface area contributed by atoms with Gasteiger partial charge in [0, 0.05) is 5.56 Å². The highest BCUT2D eigenvalue weighted by Crippen LogP contribution is 2.36. The molecule has 2 aromatic rings. The van der Waals surface area contributed by atoms with E-state index in [0.717, 1.165) is 11.1 Å². The van der Waals surface area contributed by atoms with Crippen molar-refractivity contribution in [1.29, 1.82) is 0 Å². The van der Waals surface area contributed by atoms with Crippen LogP contribution in [0.2, 0.25) is 5.02 Å². The van der Waals surface area contributed by atoms with Crippen LogP contribution in [0.15, 0.2) is 55.1 Å². The fraction of sp³-hybridized carbons (Fsp3) is 0.300. The van der Waals surface area contributed by atoms with E-state index >= 15 is 0 Å². The van der Waals surface area contributed by atoms with Gasteiger partial charge >= 0.3 is 0 Å². The van der Waals surface area contributed by atoms with Gasteiger partial charge in [-0.1, -0.05) is 54.6 Å². The minimum absolute atomic E-state index is 0.00358. The summed E-state index contributed by atoms with van der Waals surface area (Å²) in [6.07, 6.45) is 1.12. The molecule has 25 heavy (non-hydrogen) atoms. The summed E-state index contributed by atoms with van der Waals surface area (Å²) in [7, 11) is 1.59. The minimum Gasteiger partial charge on any atom is -0.493 e. The second kappa shape index (κ2) is 9.47. The maximum Gasteiger partial charge on any atom is 0.180 e. The zero-order valence-corrected chi connectivity index (χ0v) is 15.4. The molecule has 134 valence electrons. The molecule has 5 heteroatoms. The molecule has 0 saturated heterocycles. The lowest BCUT2D eigenvalue weighted by atomic mass is 10.0. The number of hydrogen-bond acceptors (Lipinski definition) is 3. The number of nitrogens with two attached hydrogens (primary N) is 1. The van der Waals surface area contributed by atoms with Crippen LogP contribution in [-0.4, -0.2) is 24.9 Å². The van der Waals surface area contributed by atoms with Crippen molar-refractivity contribution < 1.29 is 19.9 Å². The topological polar surface area (TPSA) is 55.3 Å². The van der Waals surface area contributed by atoms with E-state index in [9.17, 15) is 5.11 Å². The van der Waals surface area contributed by atoms with Crippen molar-refractivity contribution in [1.82, 2.24) is 0 Å². The highest BCUT2D eigenvalue weighted by atomic mass is 35.5. The molecule has 0 spiro atoms. The molecule has 2 atom stereocenters. The Labute approximate surface area is 154 Å². The normalized spacial score (nSPS) is 13.1. The zero-order valence-electron chi connectivity index (χ0n) is 14.6. The van der Waals surface area contributed by atoms with Crippen LogP contribution in [0.3, 0.4) is 0 Å². The van der Waals surface area contributed by atoms with Gasteiger partial charge < -0.3 is 19.9 Å². The number of aliphatic hydroxyl groups excluding tert-OH is 1. The lowest BCUT2D eigenvalue weighted by Gasteiger charge is -2.18. The maximum atomic E-state index is 10.5. The molecule has 2 aromatic carbocycles. The molecular formula is C20H25ClNO3+. The molecular weight excluding hydrogens is 338 g/mol. The van der Waals surface area contributed by atoms with E-state index in [1.807, 2.05) is 49.4 Å². The number of halogens is 1. The van der Waals surface area contributed by atoms with Crippen molar-refractivity contribution >= 4 is 11.6 Å². The van der Waals surface area contributed by atoms with E-state index in [-0.39, 0.29) is 6.04 Å². The van der Waals surface area contributed by atoms with Crippen LogP contribution in [0, 0.1) is 0 Å². The minimum atomic E-state index is -0.534. The third-order valence-electron chi connectivity index (χ3n) is 4.00. The largest absolute Gasteiger partial charge is 0.493 e. The number of rotatable bonds is 9. The lowest BCUT2D eigenvalue weighted by molar-refractivity contribution is -0.709.